The van der Waals surface area contributed by atoms with Crippen LogP contribution in [-0.2, 0) is 5.54 Å². The minimum absolute atomic E-state index is 0.330. The fraction of sp³-hybridized carbons (Fsp3) is 0.316. The molecule has 0 saturated carbocycles. The number of ether oxygens (including phenoxy) is 1. The van der Waals surface area contributed by atoms with Crippen LogP contribution in [0.25, 0.3) is 22.3 Å². The number of aromatic nitrogens is 3. The van der Waals surface area contributed by atoms with Crippen LogP contribution in [0.15, 0.2) is 30.3 Å². The van der Waals surface area contributed by atoms with Gasteiger partial charge in [0.2, 0.25) is 0 Å². The lowest BCUT2D eigenvalue weighted by Crippen LogP contribution is -2.24. The quantitative estimate of drug-likeness (QED) is 0.734. The molecule has 1 aromatic carbocycles. The average molecular weight is 338 g/mol. The Morgan fingerprint density at radius 1 is 1.24 bits per heavy atom. The largest absolute Gasteiger partial charge is 0.494 e. The Kier molecular flexibility index (Phi) is 4.20. The Bertz CT molecular complexity index is 938. The summed E-state index contributed by atoms with van der Waals surface area (Å²) in [5, 5.41) is 5.51. The SMILES string of the molecule is CCOc1ccc2nc(-c3nn(C(C)(C)C)c(N)c3C=O)ccc2c1. The summed E-state index contributed by atoms with van der Waals surface area (Å²) in [4.78, 5) is 16.2. The molecule has 2 aromatic heterocycles. The third-order valence-electron chi connectivity index (χ3n) is 3.93. The van der Waals surface area contributed by atoms with Crippen molar-refractivity contribution in [2.45, 2.75) is 33.2 Å². The first-order valence-electron chi connectivity index (χ1n) is 8.23. The van der Waals surface area contributed by atoms with Gasteiger partial charge in [-0.2, -0.15) is 5.10 Å². The third kappa shape index (κ3) is 3.07. The van der Waals surface area contributed by atoms with Gasteiger partial charge < -0.3 is 10.5 Å². The number of pyridine rings is 1. The number of benzene rings is 1. The van der Waals surface area contributed by atoms with Gasteiger partial charge in [0.25, 0.3) is 0 Å². The zero-order valence-electron chi connectivity index (χ0n) is 14.9. The van der Waals surface area contributed by atoms with E-state index in [1.807, 2.05) is 58.0 Å². The highest BCUT2D eigenvalue weighted by Crippen LogP contribution is 2.30. The number of aldehydes is 1. The summed E-state index contributed by atoms with van der Waals surface area (Å²) in [5.41, 5.74) is 8.09. The first-order chi connectivity index (χ1) is 11.8. The summed E-state index contributed by atoms with van der Waals surface area (Å²) in [6.07, 6.45) is 0.740. The van der Waals surface area contributed by atoms with Crippen LogP contribution in [0.4, 0.5) is 5.82 Å². The molecule has 0 aliphatic rings. The zero-order chi connectivity index (χ0) is 18.2. The van der Waals surface area contributed by atoms with Crippen molar-refractivity contribution in [3.63, 3.8) is 0 Å². The molecule has 0 aliphatic heterocycles. The maximum absolute atomic E-state index is 11.6. The monoisotopic (exact) mass is 338 g/mol. The van der Waals surface area contributed by atoms with Crippen LogP contribution in [-0.4, -0.2) is 27.7 Å². The molecule has 0 atom stereocenters. The van der Waals surface area contributed by atoms with Crippen molar-refractivity contribution in [1.29, 1.82) is 0 Å². The number of carbonyl (C=O) groups is 1. The molecule has 0 spiro atoms. The summed E-state index contributed by atoms with van der Waals surface area (Å²) in [6, 6.07) is 9.51. The topological polar surface area (TPSA) is 83.0 Å². The number of rotatable bonds is 4. The summed E-state index contributed by atoms with van der Waals surface area (Å²) < 4.78 is 7.18. The van der Waals surface area contributed by atoms with Gasteiger partial charge in [-0.3, -0.25) is 4.79 Å². The lowest BCUT2D eigenvalue weighted by Gasteiger charge is -2.20. The van der Waals surface area contributed by atoms with E-state index in [1.165, 1.54) is 0 Å². The highest BCUT2D eigenvalue weighted by atomic mass is 16.5. The molecule has 130 valence electrons. The zero-order valence-corrected chi connectivity index (χ0v) is 14.9. The molecular weight excluding hydrogens is 316 g/mol. The van der Waals surface area contributed by atoms with E-state index in [1.54, 1.807) is 4.68 Å². The lowest BCUT2D eigenvalue weighted by atomic mass is 10.1. The highest BCUT2D eigenvalue weighted by Gasteiger charge is 2.24. The normalized spacial score (nSPS) is 11.7. The molecule has 6 nitrogen and oxygen atoms in total. The van der Waals surface area contributed by atoms with Gasteiger partial charge in [0.05, 0.1) is 28.9 Å². The van der Waals surface area contributed by atoms with Crippen molar-refractivity contribution in [1.82, 2.24) is 14.8 Å². The Hall–Kier alpha value is -2.89. The van der Waals surface area contributed by atoms with Gasteiger partial charge >= 0.3 is 0 Å². The Balaban J connectivity index is 2.13. The maximum Gasteiger partial charge on any atom is 0.156 e. The van der Waals surface area contributed by atoms with Crippen LogP contribution in [0.3, 0.4) is 0 Å². The second kappa shape index (κ2) is 6.20. The number of hydrogen-bond donors (Lipinski definition) is 1. The van der Waals surface area contributed by atoms with Gasteiger partial charge in [0, 0.05) is 5.39 Å². The Morgan fingerprint density at radius 3 is 2.64 bits per heavy atom. The van der Waals surface area contributed by atoms with E-state index in [4.69, 9.17) is 10.5 Å². The molecular formula is C19H22N4O2. The average Bonchev–Trinajstić information content (AvgIpc) is 2.91. The minimum Gasteiger partial charge on any atom is -0.494 e. The minimum atomic E-state index is -0.330. The van der Waals surface area contributed by atoms with E-state index in [-0.39, 0.29) is 5.54 Å². The second-order valence-electron chi connectivity index (χ2n) is 6.83. The van der Waals surface area contributed by atoms with E-state index in [2.05, 4.69) is 10.1 Å². The van der Waals surface area contributed by atoms with Gasteiger partial charge in [-0.1, -0.05) is 6.07 Å². The van der Waals surface area contributed by atoms with Gasteiger partial charge in [0.15, 0.2) is 6.29 Å². The van der Waals surface area contributed by atoms with Crippen LogP contribution in [0.1, 0.15) is 38.1 Å². The second-order valence-corrected chi connectivity index (χ2v) is 6.83. The van der Waals surface area contributed by atoms with E-state index >= 15 is 0 Å². The highest BCUT2D eigenvalue weighted by molar-refractivity contribution is 5.92. The van der Waals surface area contributed by atoms with Gasteiger partial charge in [-0.15, -0.1) is 0 Å². The first-order valence-corrected chi connectivity index (χ1v) is 8.23. The summed E-state index contributed by atoms with van der Waals surface area (Å²) in [6.45, 7) is 8.51. The van der Waals surface area contributed by atoms with Crippen molar-refractivity contribution in [2.75, 3.05) is 12.3 Å². The van der Waals surface area contributed by atoms with E-state index in [9.17, 15) is 4.79 Å². The molecule has 2 heterocycles. The molecule has 0 unspecified atom stereocenters. The van der Waals surface area contributed by atoms with Crippen LogP contribution in [0.2, 0.25) is 0 Å². The summed E-state index contributed by atoms with van der Waals surface area (Å²) in [5.74, 6) is 1.16. The summed E-state index contributed by atoms with van der Waals surface area (Å²) >= 11 is 0. The van der Waals surface area contributed by atoms with Gasteiger partial charge in [-0.05, 0) is 52.0 Å². The molecule has 0 aliphatic carbocycles. The molecule has 3 aromatic rings. The van der Waals surface area contributed by atoms with Crippen molar-refractivity contribution in [3.05, 3.63) is 35.9 Å². The first kappa shape index (κ1) is 17.0. The number of nitrogens with zero attached hydrogens (tertiary/aromatic N) is 3. The predicted octanol–water partition coefficient (Wildman–Crippen LogP) is 3.65. The number of nitrogen functional groups attached to an aromatic ring is 1. The molecule has 25 heavy (non-hydrogen) atoms. The molecule has 0 fully saturated rings. The van der Waals surface area contributed by atoms with Crippen molar-refractivity contribution >= 4 is 23.0 Å². The molecule has 2 N–H and O–H groups in total. The standard InChI is InChI=1S/C19H22N4O2/c1-5-25-13-7-9-15-12(10-13)6-8-16(21-15)17-14(11-24)18(20)23(22-17)19(2,3)4/h6-11H,5,20H2,1-4H3. The molecule has 0 amide bonds. The van der Waals surface area contributed by atoms with Crippen LogP contribution in [0.5, 0.6) is 5.75 Å². The number of anilines is 1. The van der Waals surface area contributed by atoms with Crippen LogP contribution in [0, 0.1) is 0 Å². The number of nitrogens with two attached hydrogens (primary N) is 1. The Labute approximate surface area is 146 Å². The predicted molar refractivity (Wildman–Crippen MR) is 98.9 cm³/mol. The lowest BCUT2D eigenvalue weighted by molar-refractivity contribution is 0.112. The summed E-state index contributed by atoms with van der Waals surface area (Å²) in [7, 11) is 0. The third-order valence-corrected chi connectivity index (χ3v) is 3.93. The van der Waals surface area contributed by atoms with E-state index in [0.29, 0.717) is 29.4 Å². The number of fused-ring (bicyclic) bond motifs is 1. The molecule has 0 radical (unpaired) electrons. The molecule has 0 saturated heterocycles. The maximum atomic E-state index is 11.6. The van der Waals surface area contributed by atoms with Gasteiger partial charge in [0.1, 0.15) is 17.3 Å². The van der Waals surface area contributed by atoms with E-state index < -0.39 is 0 Å². The number of hydrogen-bond acceptors (Lipinski definition) is 5. The van der Waals surface area contributed by atoms with Crippen molar-refractivity contribution in [2.24, 2.45) is 0 Å². The molecule has 3 rings (SSSR count). The fourth-order valence-corrected chi connectivity index (χ4v) is 2.75. The molecule has 6 heteroatoms. The molecule has 0 bridgehead atoms. The Morgan fingerprint density at radius 2 is 2.00 bits per heavy atom. The van der Waals surface area contributed by atoms with E-state index in [0.717, 1.165) is 22.9 Å². The van der Waals surface area contributed by atoms with Crippen LogP contribution < -0.4 is 10.5 Å². The van der Waals surface area contributed by atoms with Crippen molar-refractivity contribution < 1.29 is 9.53 Å². The fourth-order valence-electron chi connectivity index (χ4n) is 2.75. The smallest absolute Gasteiger partial charge is 0.156 e. The van der Waals surface area contributed by atoms with Crippen molar-refractivity contribution in [3.8, 4) is 17.1 Å². The number of carbonyl (C=O) groups excluding carboxylic acids is 1. The van der Waals surface area contributed by atoms with Crippen LogP contribution >= 0.6 is 0 Å². The van der Waals surface area contributed by atoms with Gasteiger partial charge in [-0.25, -0.2) is 9.67 Å².